The van der Waals surface area contributed by atoms with E-state index in [9.17, 15) is 13.2 Å². The molecule has 0 radical (unpaired) electrons. The molecule has 0 spiro atoms. The first-order chi connectivity index (χ1) is 22.9. The molecule has 0 unspecified atom stereocenters. The second kappa shape index (κ2) is 15.6. The van der Waals surface area contributed by atoms with Gasteiger partial charge < -0.3 is 20.4 Å². The Morgan fingerprint density at radius 1 is 0.660 bits per heavy atom. The van der Waals surface area contributed by atoms with Gasteiger partial charge in [-0.15, -0.1) is 13.2 Å². The fourth-order valence-electron chi connectivity index (χ4n) is 6.16. The summed E-state index contributed by atoms with van der Waals surface area (Å²) in [5, 5.41) is 6.67. The molecule has 0 amide bonds. The van der Waals surface area contributed by atoms with E-state index in [2.05, 4.69) is 109 Å². The summed E-state index contributed by atoms with van der Waals surface area (Å²) in [5.74, 6) is 0.921. The summed E-state index contributed by atoms with van der Waals surface area (Å²) in [6.07, 6.45) is -4.62. The van der Waals surface area contributed by atoms with Gasteiger partial charge in [-0.3, -0.25) is 9.80 Å². The Labute approximate surface area is 273 Å². The van der Waals surface area contributed by atoms with Crippen molar-refractivity contribution in [3.05, 3.63) is 131 Å². The van der Waals surface area contributed by atoms with Gasteiger partial charge in [-0.05, 0) is 46.5 Å². The van der Waals surface area contributed by atoms with Crippen LogP contribution in [-0.4, -0.2) is 78.5 Å². The lowest BCUT2D eigenvalue weighted by molar-refractivity contribution is -0.274. The van der Waals surface area contributed by atoms with Crippen molar-refractivity contribution in [2.45, 2.75) is 25.4 Å². The molecule has 7 rings (SSSR count). The van der Waals surface area contributed by atoms with Gasteiger partial charge in [0.2, 0.25) is 0 Å². The zero-order chi connectivity index (χ0) is 32.5. The number of benzene rings is 4. The highest BCUT2D eigenvalue weighted by Gasteiger charge is 2.31. The van der Waals surface area contributed by atoms with E-state index in [1.807, 2.05) is 0 Å². The zero-order valence-corrected chi connectivity index (χ0v) is 26.3. The molecule has 2 saturated heterocycles. The van der Waals surface area contributed by atoms with Crippen molar-refractivity contribution in [2.24, 2.45) is 0 Å². The standard InChI is InChI=1S/C25H26N4.C12H15F3N2O/c1-3-7-20(8-4-1)24(21-9-5-2-6-10-21)25-27-22-12-11-19(17-23(22)28-25)18-29-15-13-26-14-16-29;13-12(14,15)18-11-3-1-10(2-4-11)9-17-7-5-16-6-8-17/h1-12,17,24,26H,13-16,18H2,(H,27,28);1-4,16H,5-9H2. The Balaban J connectivity index is 0.000000185. The van der Waals surface area contributed by atoms with Gasteiger partial charge in [0.25, 0.3) is 0 Å². The van der Waals surface area contributed by atoms with Crippen LogP contribution in [0.5, 0.6) is 5.75 Å². The van der Waals surface area contributed by atoms with Gasteiger partial charge in [-0.1, -0.05) is 78.9 Å². The fraction of sp³-hybridized carbons (Fsp3) is 0.324. The normalized spacial score (nSPS) is 16.2. The number of rotatable bonds is 8. The Kier molecular flexibility index (Phi) is 10.8. The minimum atomic E-state index is -4.62. The van der Waals surface area contributed by atoms with E-state index in [0.717, 1.165) is 87.9 Å². The fourth-order valence-corrected chi connectivity index (χ4v) is 6.16. The lowest BCUT2D eigenvalue weighted by Crippen LogP contribution is -2.42. The number of ether oxygens (including phenoxy) is 1. The second-order valence-electron chi connectivity index (χ2n) is 12.0. The smallest absolute Gasteiger partial charge is 0.406 e. The van der Waals surface area contributed by atoms with Crippen LogP contribution < -0.4 is 15.4 Å². The van der Waals surface area contributed by atoms with E-state index in [-0.39, 0.29) is 11.7 Å². The molecular weight excluding hydrogens is 601 g/mol. The molecule has 4 aromatic carbocycles. The van der Waals surface area contributed by atoms with Gasteiger partial charge >= 0.3 is 6.36 Å². The number of H-pyrrole nitrogens is 1. The van der Waals surface area contributed by atoms with Crippen LogP contribution in [0.1, 0.15) is 34.0 Å². The third kappa shape index (κ3) is 9.42. The van der Waals surface area contributed by atoms with E-state index in [4.69, 9.17) is 4.98 Å². The first-order valence-electron chi connectivity index (χ1n) is 16.2. The molecule has 5 aromatic rings. The minimum Gasteiger partial charge on any atom is -0.406 e. The van der Waals surface area contributed by atoms with E-state index in [1.54, 1.807) is 12.1 Å². The average Bonchev–Trinajstić information content (AvgIpc) is 3.50. The Hall–Kier alpha value is -4.22. The number of halogens is 3. The van der Waals surface area contributed by atoms with Gasteiger partial charge in [0.05, 0.1) is 17.0 Å². The highest BCUT2D eigenvalue weighted by Crippen LogP contribution is 2.31. The van der Waals surface area contributed by atoms with Crippen LogP contribution >= 0.6 is 0 Å². The molecule has 2 fully saturated rings. The second-order valence-corrected chi connectivity index (χ2v) is 12.0. The summed E-state index contributed by atoms with van der Waals surface area (Å²) in [4.78, 5) is 13.4. The highest BCUT2D eigenvalue weighted by atomic mass is 19.4. The number of nitrogens with zero attached hydrogens (tertiary/aromatic N) is 3. The van der Waals surface area contributed by atoms with E-state index in [1.165, 1.54) is 28.8 Å². The molecule has 1 aromatic heterocycles. The zero-order valence-electron chi connectivity index (χ0n) is 26.3. The Morgan fingerprint density at radius 3 is 1.70 bits per heavy atom. The van der Waals surface area contributed by atoms with Crippen LogP contribution in [0.4, 0.5) is 13.2 Å². The maximum absolute atomic E-state index is 12.0. The van der Waals surface area contributed by atoms with Crippen LogP contribution in [0.15, 0.2) is 103 Å². The third-order valence-electron chi connectivity index (χ3n) is 8.49. The van der Waals surface area contributed by atoms with Crippen LogP contribution in [0.2, 0.25) is 0 Å². The van der Waals surface area contributed by atoms with E-state index < -0.39 is 6.36 Å². The molecule has 0 aliphatic carbocycles. The van der Waals surface area contributed by atoms with E-state index in [0.29, 0.717) is 0 Å². The maximum Gasteiger partial charge on any atom is 0.573 e. The number of aromatic amines is 1. The molecule has 2 aliphatic rings. The largest absolute Gasteiger partial charge is 0.573 e. The number of hydrogen-bond acceptors (Lipinski definition) is 6. The monoisotopic (exact) mass is 642 g/mol. The summed E-state index contributed by atoms with van der Waals surface area (Å²) in [6.45, 7) is 9.94. The number of piperazine rings is 2. The molecule has 2 aliphatic heterocycles. The summed E-state index contributed by atoms with van der Waals surface area (Å²) in [6, 6.07) is 33.9. The van der Waals surface area contributed by atoms with Crippen molar-refractivity contribution in [3.63, 3.8) is 0 Å². The summed E-state index contributed by atoms with van der Waals surface area (Å²) < 4.78 is 39.8. The number of imidazole rings is 1. The van der Waals surface area contributed by atoms with Gasteiger partial charge in [0.1, 0.15) is 11.6 Å². The van der Waals surface area contributed by atoms with Crippen molar-refractivity contribution in [1.82, 2.24) is 30.4 Å². The molecule has 0 saturated carbocycles. The van der Waals surface area contributed by atoms with Gasteiger partial charge in [-0.25, -0.2) is 4.98 Å². The number of alkyl halides is 3. The van der Waals surface area contributed by atoms with Gasteiger partial charge in [0, 0.05) is 65.4 Å². The third-order valence-corrected chi connectivity index (χ3v) is 8.49. The molecule has 47 heavy (non-hydrogen) atoms. The van der Waals surface area contributed by atoms with Crippen molar-refractivity contribution in [2.75, 3.05) is 52.4 Å². The van der Waals surface area contributed by atoms with Gasteiger partial charge in [-0.2, -0.15) is 0 Å². The van der Waals surface area contributed by atoms with Crippen molar-refractivity contribution >= 4 is 11.0 Å². The molecule has 10 heteroatoms. The quantitative estimate of drug-likeness (QED) is 0.189. The van der Waals surface area contributed by atoms with Crippen LogP contribution in [0.3, 0.4) is 0 Å². The predicted octanol–water partition coefficient (Wildman–Crippen LogP) is 6.14. The highest BCUT2D eigenvalue weighted by molar-refractivity contribution is 5.76. The van der Waals surface area contributed by atoms with Crippen molar-refractivity contribution in [3.8, 4) is 5.75 Å². The topological polar surface area (TPSA) is 68.5 Å². The van der Waals surface area contributed by atoms with Crippen LogP contribution in [-0.2, 0) is 13.1 Å². The predicted molar refractivity (Wildman–Crippen MR) is 179 cm³/mol. The molecule has 0 bridgehead atoms. The van der Waals surface area contributed by atoms with Crippen LogP contribution in [0.25, 0.3) is 11.0 Å². The van der Waals surface area contributed by atoms with Gasteiger partial charge in [0.15, 0.2) is 0 Å². The lowest BCUT2D eigenvalue weighted by Gasteiger charge is -2.27. The molecule has 3 N–H and O–H groups in total. The molecule has 3 heterocycles. The molecule has 246 valence electrons. The summed E-state index contributed by atoms with van der Waals surface area (Å²) >= 11 is 0. The average molecular weight is 643 g/mol. The van der Waals surface area contributed by atoms with Crippen LogP contribution in [0, 0.1) is 0 Å². The first-order valence-corrected chi connectivity index (χ1v) is 16.2. The summed E-state index contributed by atoms with van der Waals surface area (Å²) in [7, 11) is 0. The molecular formula is C37H41F3N6O. The first kappa shape index (κ1) is 32.7. The SMILES string of the molecule is FC(F)(F)Oc1ccc(CN2CCNCC2)cc1.c1ccc(C(c2ccccc2)c2nc3ccc(CN4CCNCC4)cc3[nH]2)cc1. The summed E-state index contributed by atoms with van der Waals surface area (Å²) in [5.41, 5.74) is 6.97. The Bertz CT molecular complexity index is 1630. The molecule has 7 nitrogen and oxygen atoms in total. The van der Waals surface area contributed by atoms with Crippen molar-refractivity contribution < 1.29 is 17.9 Å². The van der Waals surface area contributed by atoms with Crippen molar-refractivity contribution in [1.29, 1.82) is 0 Å². The molecule has 0 atom stereocenters. The minimum absolute atomic E-state index is 0.0985. The van der Waals surface area contributed by atoms with E-state index >= 15 is 0 Å². The Morgan fingerprint density at radius 2 is 1.17 bits per heavy atom. The number of hydrogen-bond donors (Lipinski definition) is 3. The number of aromatic nitrogens is 2. The maximum atomic E-state index is 12.0. The lowest BCUT2D eigenvalue weighted by atomic mass is 9.91. The number of fused-ring (bicyclic) bond motifs is 1. The number of nitrogens with one attached hydrogen (secondary N) is 3.